The molecule has 0 saturated carbocycles. The highest BCUT2D eigenvalue weighted by molar-refractivity contribution is 5.85. The predicted molar refractivity (Wildman–Crippen MR) is 108 cm³/mol. The van der Waals surface area contributed by atoms with E-state index in [-0.39, 0.29) is 30.6 Å². The third kappa shape index (κ3) is 5.68. The average molecular weight is 406 g/mol. The van der Waals surface area contributed by atoms with Gasteiger partial charge in [0.1, 0.15) is 18.2 Å². The fourth-order valence-electron chi connectivity index (χ4n) is 2.73. The lowest BCUT2D eigenvalue weighted by Gasteiger charge is -2.16. The van der Waals surface area contributed by atoms with Gasteiger partial charge in [-0.05, 0) is 29.8 Å². The minimum atomic E-state index is -0.302. The zero-order chi connectivity index (χ0) is 19.1. The van der Waals surface area contributed by atoms with Gasteiger partial charge >= 0.3 is 0 Å². The second-order valence-corrected chi connectivity index (χ2v) is 6.06. The standard InChI is InChI=1S/C22H21F2NO2.ClH/c1-26-21-8-4-6-17(14-25-13-16-9-11-19(23)12-10-16)22(21)27-15-18-5-2-3-7-20(18)24;/h2-12,25H,13-15H2,1H3;1H. The Kier molecular flexibility index (Phi) is 8.23. The zero-order valence-electron chi connectivity index (χ0n) is 15.5. The molecule has 0 amide bonds. The Morgan fingerprint density at radius 2 is 1.54 bits per heavy atom. The third-order valence-electron chi connectivity index (χ3n) is 4.17. The van der Waals surface area contributed by atoms with Crippen molar-refractivity contribution in [2.75, 3.05) is 7.11 Å². The topological polar surface area (TPSA) is 30.5 Å². The normalized spacial score (nSPS) is 10.2. The Morgan fingerprint density at radius 1 is 0.821 bits per heavy atom. The lowest BCUT2D eigenvalue weighted by molar-refractivity contribution is 0.276. The van der Waals surface area contributed by atoms with Crippen LogP contribution in [-0.2, 0) is 19.7 Å². The lowest BCUT2D eigenvalue weighted by atomic mass is 10.1. The molecule has 0 aliphatic rings. The largest absolute Gasteiger partial charge is 0.493 e. The molecule has 0 radical (unpaired) electrons. The maximum absolute atomic E-state index is 13.8. The Balaban J connectivity index is 0.00000280. The van der Waals surface area contributed by atoms with Crippen molar-refractivity contribution in [2.45, 2.75) is 19.7 Å². The van der Waals surface area contributed by atoms with Gasteiger partial charge in [-0.1, -0.05) is 42.5 Å². The summed E-state index contributed by atoms with van der Waals surface area (Å²) in [5.74, 6) is 0.612. The van der Waals surface area contributed by atoms with E-state index in [1.54, 1.807) is 43.5 Å². The van der Waals surface area contributed by atoms with Crippen molar-refractivity contribution in [1.29, 1.82) is 0 Å². The molecule has 0 aromatic heterocycles. The first kappa shape index (κ1) is 21.7. The van der Waals surface area contributed by atoms with Crippen LogP contribution in [0.15, 0.2) is 66.7 Å². The van der Waals surface area contributed by atoms with Crippen molar-refractivity contribution in [3.05, 3.63) is 95.1 Å². The van der Waals surface area contributed by atoms with E-state index < -0.39 is 0 Å². The van der Waals surface area contributed by atoms with E-state index in [0.717, 1.165) is 11.1 Å². The molecule has 0 saturated heterocycles. The van der Waals surface area contributed by atoms with E-state index in [1.165, 1.54) is 18.2 Å². The van der Waals surface area contributed by atoms with Crippen LogP contribution in [0.5, 0.6) is 11.5 Å². The van der Waals surface area contributed by atoms with Gasteiger partial charge in [-0.3, -0.25) is 0 Å². The summed E-state index contributed by atoms with van der Waals surface area (Å²) in [6, 6.07) is 18.5. The summed E-state index contributed by atoms with van der Waals surface area (Å²) >= 11 is 0. The van der Waals surface area contributed by atoms with Crippen LogP contribution in [0.3, 0.4) is 0 Å². The highest BCUT2D eigenvalue weighted by Gasteiger charge is 2.12. The smallest absolute Gasteiger partial charge is 0.166 e. The maximum atomic E-state index is 13.8. The van der Waals surface area contributed by atoms with Crippen LogP contribution < -0.4 is 14.8 Å². The summed E-state index contributed by atoms with van der Waals surface area (Å²) in [6.45, 7) is 1.23. The van der Waals surface area contributed by atoms with Crippen LogP contribution >= 0.6 is 12.4 Å². The van der Waals surface area contributed by atoms with E-state index in [1.807, 2.05) is 12.1 Å². The maximum Gasteiger partial charge on any atom is 0.166 e. The van der Waals surface area contributed by atoms with Crippen molar-refractivity contribution in [2.24, 2.45) is 0 Å². The van der Waals surface area contributed by atoms with Gasteiger partial charge < -0.3 is 14.8 Å². The summed E-state index contributed by atoms with van der Waals surface area (Å²) < 4.78 is 38.1. The summed E-state index contributed by atoms with van der Waals surface area (Å²) in [5, 5.41) is 3.31. The quantitative estimate of drug-likeness (QED) is 0.554. The molecule has 0 aliphatic carbocycles. The highest BCUT2D eigenvalue weighted by atomic mass is 35.5. The van der Waals surface area contributed by atoms with Crippen LogP contribution in [0.25, 0.3) is 0 Å². The number of benzene rings is 3. The molecule has 0 aliphatic heterocycles. The molecular weight excluding hydrogens is 384 g/mol. The summed E-state index contributed by atoms with van der Waals surface area (Å²) in [4.78, 5) is 0. The number of methoxy groups -OCH3 is 1. The van der Waals surface area contributed by atoms with Gasteiger partial charge in [0.05, 0.1) is 7.11 Å². The van der Waals surface area contributed by atoms with Crippen LogP contribution in [-0.4, -0.2) is 7.11 Å². The van der Waals surface area contributed by atoms with Crippen molar-refractivity contribution in [1.82, 2.24) is 5.32 Å². The molecule has 1 N–H and O–H groups in total. The first-order valence-electron chi connectivity index (χ1n) is 8.64. The monoisotopic (exact) mass is 405 g/mol. The minimum Gasteiger partial charge on any atom is -0.493 e. The van der Waals surface area contributed by atoms with Crippen molar-refractivity contribution in [3.63, 3.8) is 0 Å². The number of halogens is 3. The summed E-state index contributed by atoms with van der Waals surface area (Å²) in [6.07, 6.45) is 0. The molecule has 0 fully saturated rings. The van der Waals surface area contributed by atoms with Crippen LogP contribution in [0.2, 0.25) is 0 Å². The van der Waals surface area contributed by atoms with E-state index in [4.69, 9.17) is 9.47 Å². The van der Waals surface area contributed by atoms with Gasteiger partial charge in [-0.15, -0.1) is 12.4 Å². The van der Waals surface area contributed by atoms with Gasteiger partial charge in [0, 0.05) is 24.2 Å². The molecule has 3 nitrogen and oxygen atoms in total. The van der Waals surface area contributed by atoms with Gasteiger partial charge in [0.2, 0.25) is 0 Å². The number of hydrogen-bond acceptors (Lipinski definition) is 3. The van der Waals surface area contributed by atoms with E-state index in [2.05, 4.69) is 5.32 Å². The number of ether oxygens (including phenoxy) is 2. The molecular formula is C22H22ClF2NO2. The Morgan fingerprint density at radius 3 is 2.25 bits per heavy atom. The fourth-order valence-corrected chi connectivity index (χ4v) is 2.73. The van der Waals surface area contributed by atoms with Crippen molar-refractivity contribution < 1.29 is 18.3 Å². The molecule has 148 valence electrons. The van der Waals surface area contributed by atoms with Crippen molar-refractivity contribution in [3.8, 4) is 11.5 Å². The second-order valence-electron chi connectivity index (χ2n) is 6.06. The van der Waals surface area contributed by atoms with E-state index in [0.29, 0.717) is 30.2 Å². The van der Waals surface area contributed by atoms with E-state index in [9.17, 15) is 8.78 Å². The Bertz CT molecular complexity index is 888. The number of rotatable bonds is 8. The summed E-state index contributed by atoms with van der Waals surface area (Å²) in [7, 11) is 1.57. The van der Waals surface area contributed by atoms with Gasteiger partial charge in [-0.25, -0.2) is 8.78 Å². The number of nitrogens with one attached hydrogen (secondary N) is 1. The Hall–Kier alpha value is -2.63. The van der Waals surface area contributed by atoms with Crippen LogP contribution in [0, 0.1) is 11.6 Å². The molecule has 0 unspecified atom stereocenters. The van der Waals surface area contributed by atoms with E-state index >= 15 is 0 Å². The number of hydrogen-bond donors (Lipinski definition) is 1. The zero-order valence-corrected chi connectivity index (χ0v) is 16.3. The predicted octanol–water partition coefficient (Wildman–Crippen LogP) is 5.26. The second kappa shape index (κ2) is 10.6. The summed E-state index contributed by atoms with van der Waals surface area (Å²) in [5.41, 5.74) is 2.36. The molecule has 0 spiro atoms. The molecule has 0 heterocycles. The fraction of sp³-hybridized carbons (Fsp3) is 0.182. The first-order valence-corrected chi connectivity index (χ1v) is 8.64. The highest BCUT2D eigenvalue weighted by Crippen LogP contribution is 2.32. The molecule has 28 heavy (non-hydrogen) atoms. The lowest BCUT2D eigenvalue weighted by Crippen LogP contribution is -2.14. The molecule has 3 aromatic rings. The third-order valence-corrected chi connectivity index (χ3v) is 4.17. The molecule has 0 bridgehead atoms. The van der Waals surface area contributed by atoms with Crippen LogP contribution in [0.4, 0.5) is 8.78 Å². The molecule has 3 rings (SSSR count). The van der Waals surface area contributed by atoms with Gasteiger partial charge in [-0.2, -0.15) is 0 Å². The minimum absolute atomic E-state index is 0. The Labute approximate surface area is 169 Å². The SMILES string of the molecule is COc1cccc(CNCc2ccc(F)cc2)c1OCc1ccccc1F.Cl. The average Bonchev–Trinajstić information content (AvgIpc) is 2.69. The molecule has 3 aromatic carbocycles. The molecule has 6 heteroatoms. The van der Waals surface area contributed by atoms with Gasteiger partial charge in [0.25, 0.3) is 0 Å². The van der Waals surface area contributed by atoms with Gasteiger partial charge in [0.15, 0.2) is 11.5 Å². The first-order chi connectivity index (χ1) is 13.2. The van der Waals surface area contributed by atoms with Crippen LogP contribution in [0.1, 0.15) is 16.7 Å². The number of para-hydroxylation sites is 1. The molecule has 0 atom stereocenters. The van der Waals surface area contributed by atoms with Crippen molar-refractivity contribution >= 4 is 12.4 Å².